The lowest BCUT2D eigenvalue weighted by Crippen LogP contribution is -2.55. The van der Waals surface area contributed by atoms with Crippen LogP contribution in [0.15, 0.2) is 0 Å². The highest BCUT2D eigenvalue weighted by Gasteiger charge is 2.44. The van der Waals surface area contributed by atoms with Crippen LogP contribution in [0.5, 0.6) is 0 Å². The van der Waals surface area contributed by atoms with E-state index in [1.165, 1.54) is 6.42 Å². The van der Waals surface area contributed by atoms with Gasteiger partial charge in [-0.25, -0.2) is 0 Å². The van der Waals surface area contributed by atoms with E-state index in [4.69, 9.17) is 0 Å². The van der Waals surface area contributed by atoms with Gasteiger partial charge < -0.3 is 4.90 Å². The largest absolute Gasteiger partial charge is 0.302 e. The van der Waals surface area contributed by atoms with Crippen LogP contribution in [0.25, 0.3) is 0 Å². The van der Waals surface area contributed by atoms with Gasteiger partial charge in [-0.2, -0.15) is 0 Å². The van der Waals surface area contributed by atoms with E-state index in [1.54, 1.807) is 0 Å². The molecule has 2 heteroatoms. The summed E-state index contributed by atoms with van der Waals surface area (Å²) in [6, 6.07) is 0. The predicted molar refractivity (Wildman–Crippen MR) is 38.7 cm³/mol. The maximum absolute atomic E-state index is 11.1. The summed E-state index contributed by atoms with van der Waals surface area (Å²) in [5, 5.41) is 0. The molecule has 0 spiro atoms. The van der Waals surface area contributed by atoms with Gasteiger partial charge in [0.1, 0.15) is 5.78 Å². The van der Waals surface area contributed by atoms with Gasteiger partial charge in [-0.3, -0.25) is 4.79 Å². The average Bonchev–Trinajstić information content (AvgIpc) is 2.04. The third-order valence-corrected chi connectivity index (χ3v) is 2.78. The monoisotopic (exact) mass is 139 g/mol. The number of Topliss-reactive ketones (excluding diaryl/α,β-unsaturated/α-hetero) is 1. The second kappa shape index (κ2) is 2.06. The molecule has 1 aliphatic carbocycles. The van der Waals surface area contributed by atoms with Crippen LogP contribution in [-0.2, 0) is 4.79 Å². The Bertz CT molecular complexity index is 153. The maximum atomic E-state index is 11.1. The molecule has 0 aromatic heterocycles. The first-order valence-electron chi connectivity index (χ1n) is 4.07. The Hall–Kier alpha value is -0.370. The van der Waals surface area contributed by atoms with E-state index < -0.39 is 0 Å². The van der Waals surface area contributed by atoms with Crippen molar-refractivity contribution in [3.05, 3.63) is 0 Å². The number of fused-ring (bicyclic) bond motifs is 2. The zero-order valence-corrected chi connectivity index (χ0v) is 6.34. The van der Waals surface area contributed by atoms with Crippen molar-refractivity contribution in [3.8, 4) is 0 Å². The molecule has 1 saturated carbocycles. The summed E-state index contributed by atoms with van der Waals surface area (Å²) < 4.78 is 0. The molecular weight excluding hydrogens is 126 g/mol. The second-order valence-electron chi connectivity index (χ2n) is 3.38. The molecule has 2 nitrogen and oxygen atoms in total. The Kier molecular flexibility index (Phi) is 1.31. The summed E-state index contributed by atoms with van der Waals surface area (Å²) in [7, 11) is 0. The first-order valence-corrected chi connectivity index (χ1v) is 4.07. The maximum Gasteiger partial charge on any atom is 0.141 e. The molecule has 3 rings (SSSR count). The Morgan fingerprint density at radius 1 is 1.50 bits per heavy atom. The van der Waals surface area contributed by atoms with Crippen molar-refractivity contribution >= 4 is 5.78 Å². The number of ketones is 1. The molecule has 56 valence electrons. The van der Waals surface area contributed by atoms with Crippen molar-refractivity contribution in [2.24, 2.45) is 11.8 Å². The van der Waals surface area contributed by atoms with E-state index in [9.17, 15) is 4.79 Å². The number of rotatable bonds is 1. The van der Waals surface area contributed by atoms with Crippen LogP contribution in [0.4, 0.5) is 0 Å². The summed E-state index contributed by atoms with van der Waals surface area (Å²) >= 11 is 0. The Balaban J connectivity index is 1.99. The number of carbonyl (C=O) groups is 1. The Morgan fingerprint density at radius 3 is 2.50 bits per heavy atom. The number of hydrogen-bond donors (Lipinski definition) is 0. The number of nitrogens with zero attached hydrogens (tertiary/aromatic N) is 1. The molecule has 0 amide bonds. The summed E-state index contributed by atoms with van der Waals surface area (Å²) in [6.45, 7) is 5.34. The third kappa shape index (κ3) is 0.717. The van der Waals surface area contributed by atoms with E-state index in [2.05, 4.69) is 11.8 Å². The molecule has 0 unspecified atom stereocenters. The summed E-state index contributed by atoms with van der Waals surface area (Å²) in [4.78, 5) is 13.5. The lowest BCUT2D eigenvalue weighted by Gasteiger charge is -2.45. The number of carbonyl (C=O) groups excluding carboxylic acids is 1. The van der Waals surface area contributed by atoms with Crippen molar-refractivity contribution in [1.82, 2.24) is 4.90 Å². The lowest BCUT2D eigenvalue weighted by molar-refractivity contribution is -0.143. The highest BCUT2D eigenvalue weighted by atomic mass is 16.1. The first-order chi connectivity index (χ1) is 4.81. The van der Waals surface area contributed by atoms with Gasteiger partial charge in [-0.1, -0.05) is 6.92 Å². The summed E-state index contributed by atoms with van der Waals surface area (Å²) in [5.74, 6) is 1.36. The predicted octanol–water partition coefficient (Wildman–Crippen LogP) is 0.527. The zero-order valence-electron chi connectivity index (χ0n) is 6.34. The van der Waals surface area contributed by atoms with Gasteiger partial charge in [-0.05, 0) is 13.0 Å². The van der Waals surface area contributed by atoms with Crippen molar-refractivity contribution in [1.29, 1.82) is 0 Å². The summed E-state index contributed by atoms with van der Waals surface area (Å²) in [6.07, 6.45) is 1.18. The third-order valence-electron chi connectivity index (χ3n) is 2.78. The molecular formula is C8H13NO. The van der Waals surface area contributed by atoms with E-state index in [1.807, 2.05) is 0 Å². The molecule has 2 saturated heterocycles. The molecule has 0 aromatic carbocycles. The minimum atomic E-state index is 0.415. The molecule has 10 heavy (non-hydrogen) atoms. The molecule has 0 radical (unpaired) electrons. The standard InChI is InChI=1S/C8H13NO/c1-2-9-4-6-3-7(5-9)8(6)10/h6-7H,2-5H2,1H3/t6-,7-/m1/s1. The van der Waals surface area contributed by atoms with Crippen molar-refractivity contribution in [3.63, 3.8) is 0 Å². The Labute approximate surface area is 61.2 Å². The van der Waals surface area contributed by atoms with Crippen molar-refractivity contribution in [2.45, 2.75) is 13.3 Å². The van der Waals surface area contributed by atoms with Gasteiger partial charge in [0.05, 0.1) is 0 Å². The molecule has 2 atom stereocenters. The minimum absolute atomic E-state index is 0.415. The number of hydrogen-bond acceptors (Lipinski definition) is 2. The van der Waals surface area contributed by atoms with Gasteiger partial charge in [0.2, 0.25) is 0 Å². The first kappa shape index (κ1) is 6.35. The van der Waals surface area contributed by atoms with Gasteiger partial charge in [-0.15, -0.1) is 0 Å². The van der Waals surface area contributed by atoms with Crippen molar-refractivity contribution < 1.29 is 4.79 Å². The number of piperidine rings is 2. The van der Waals surface area contributed by atoms with Crippen molar-refractivity contribution in [2.75, 3.05) is 19.6 Å². The molecule has 2 heterocycles. The lowest BCUT2D eigenvalue weighted by atomic mass is 9.70. The fraction of sp³-hybridized carbons (Fsp3) is 0.875. The van der Waals surface area contributed by atoms with E-state index in [-0.39, 0.29) is 0 Å². The van der Waals surface area contributed by atoms with Crippen LogP contribution < -0.4 is 0 Å². The Morgan fingerprint density at radius 2 is 2.10 bits per heavy atom. The fourth-order valence-corrected chi connectivity index (χ4v) is 2.03. The minimum Gasteiger partial charge on any atom is -0.302 e. The smallest absolute Gasteiger partial charge is 0.141 e. The fourth-order valence-electron chi connectivity index (χ4n) is 2.03. The molecule has 3 aliphatic rings. The summed E-state index contributed by atoms with van der Waals surface area (Å²) in [5.41, 5.74) is 0. The van der Waals surface area contributed by atoms with E-state index in [0.717, 1.165) is 19.6 Å². The van der Waals surface area contributed by atoms with Gasteiger partial charge >= 0.3 is 0 Å². The average molecular weight is 139 g/mol. The molecule has 2 bridgehead atoms. The second-order valence-corrected chi connectivity index (χ2v) is 3.38. The van der Waals surface area contributed by atoms with Crippen LogP contribution in [0.3, 0.4) is 0 Å². The van der Waals surface area contributed by atoms with Crippen LogP contribution in [-0.4, -0.2) is 30.3 Å². The molecule has 0 aromatic rings. The van der Waals surface area contributed by atoms with E-state index >= 15 is 0 Å². The SMILES string of the molecule is CCN1C[C@H]2C[C@H](C1)C2=O. The van der Waals surface area contributed by atoms with Gasteiger partial charge in [0.15, 0.2) is 0 Å². The highest BCUT2D eigenvalue weighted by Crippen LogP contribution is 2.35. The van der Waals surface area contributed by atoms with Gasteiger partial charge in [0, 0.05) is 24.9 Å². The zero-order chi connectivity index (χ0) is 7.14. The topological polar surface area (TPSA) is 20.3 Å². The van der Waals surface area contributed by atoms with Crippen LogP contribution in [0.1, 0.15) is 13.3 Å². The normalized spacial score (nSPS) is 39.5. The van der Waals surface area contributed by atoms with Crippen LogP contribution in [0, 0.1) is 11.8 Å². The van der Waals surface area contributed by atoms with Crippen LogP contribution >= 0.6 is 0 Å². The molecule has 2 aliphatic heterocycles. The highest BCUT2D eigenvalue weighted by molar-refractivity contribution is 5.90. The van der Waals surface area contributed by atoms with E-state index in [0.29, 0.717) is 17.6 Å². The quantitative estimate of drug-likeness (QED) is 0.528. The van der Waals surface area contributed by atoms with Crippen LogP contribution in [0.2, 0.25) is 0 Å². The van der Waals surface area contributed by atoms with Gasteiger partial charge in [0.25, 0.3) is 0 Å². The molecule has 0 N–H and O–H groups in total. The molecule has 3 fully saturated rings.